The zero-order valence-electron chi connectivity index (χ0n) is 45.2. The molecule has 0 spiro atoms. The van der Waals surface area contributed by atoms with Crippen LogP contribution in [0.4, 0.5) is 11.4 Å². The zero-order chi connectivity index (χ0) is 54.3. The van der Waals surface area contributed by atoms with E-state index in [1.807, 2.05) is 125 Å². The van der Waals surface area contributed by atoms with Crippen molar-refractivity contribution < 1.29 is 19.2 Å². The van der Waals surface area contributed by atoms with E-state index in [0.717, 1.165) is 100 Å². The summed E-state index contributed by atoms with van der Waals surface area (Å²) in [6.07, 6.45) is 14.5. The van der Waals surface area contributed by atoms with Crippen LogP contribution in [0.25, 0.3) is 44.2 Å². The third-order valence-electron chi connectivity index (χ3n) is 16.8. The van der Waals surface area contributed by atoms with Crippen LogP contribution in [0.3, 0.4) is 0 Å². The molecular formula is C70H58N2O4S2. The van der Waals surface area contributed by atoms with Crippen LogP contribution in [0.5, 0.6) is 0 Å². The number of allylic oxidation sites excluding steroid dienone is 8. The van der Waals surface area contributed by atoms with Gasteiger partial charge in [-0.2, -0.15) is 0 Å². The molecule has 4 amide bonds. The number of fused-ring (bicyclic) bond motifs is 3. The molecule has 0 saturated carbocycles. The number of amides is 4. The lowest BCUT2D eigenvalue weighted by molar-refractivity contribution is 0.0909. The summed E-state index contributed by atoms with van der Waals surface area (Å²) < 4.78 is 0. The van der Waals surface area contributed by atoms with Gasteiger partial charge in [0.05, 0.1) is 33.6 Å². The third kappa shape index (κ3) is 8.10. The van der Waals surface area contributed by atoms with Gasteiger partial charge in [-0.05, 0) is 191 Å². The lowest BCUT2D eigenvalue weighted by atomic mass is 9.87. The normalized spacial score (nSPS) is 14.6. The first kappa shape index (κ1) is 50.8. The summed E-state index contributed by atoms with van der Waals surface area (Å²) in [6, 6.07) is 40.4. The number of hydrogen-bond acceptors (Lipinski definition) is 6. The van der Waals surface area contributed by atoms with Gasteiger partial charge in [-0.3, -0.25) is 19.2 Å². The summed E-state index contributed by atoms with van der Waals surface area (Å²) in [5.74, 6) is -0.144. The molecule has 8 heteroatoms. The molecule has 2 heterocycles. The smallest absolute Gasteiger partial charge is 0.267 e. The predicted octanol–water partition coefficient (Wildman–Crippen LogP) is 17.5. The fraction of sp³-hybridized carbons (Fsp3) is 0.171. The van der Waals surface area contributed by atoms with Crippen molar-refractivity contribution in [2.45, 2.75) is 89.5 Å². The Hall–Kier alpha value is -8.04. The Morgan fingerprint density at radius 3 is 1.04 bits per heavy atom. The van der Waals surface area contributed by atoms with Crippen LogP contribution in [0, 0.1) is 55.4 Å². The molecule has 2 aliphatic carbocycles. The van der Waals surface area contributed by atoms with Gasteiger partial charge < -0.3 is 0 Å². The highest BCUT2D eigenvalue weighted by Crippen LogP contribution is 2.50. The van der Waals surface area contributed by atoms with Gasteiger partial charge in [0, 0.05) is 21.3 Å². The minimum absolute atomic E-state index is 0.334. The number of rotatable bonds is 12. The standard InChI is InChI=1S/C70H58N2O4S2/c1-39-43(5)65(44(6)40(2)59(39)49-25-15-16-26-49)71-67(73)61-55(33-35-57(63(61)69(71)75)77-37-47-21-11-9-12-22-47)53-31-32-54(52-30-20-19-29-51(52)53)56-34-36-58(78-38-48-23-13-10-14-24-48)64-62(56)68(74)72(70(64)76)66-45(7)41(3)60(42(4)46(66)8)50-27-17-18-28-50/h9-25,27,29-36H,26,28,37-38H2,1-8H3. The molecule has 4 aliphatic rings. The Labute approximate surface area is 465 Å². The molecule has 0 N–H and O–H groups in total. The van der Waals surface area contributed by atoms with Gasteiger partial charge in [0.15, 0.2) is 0 Å². The minimum Gasteiger partial charge on any atom is -0.268 e. The maximum Gasteiger partial charge on any atom is 0.267 e. The van der Waals surface area contributed by atoms with Crippen LogP contribution < -0.4 is 9.80 Å². The lowest BCUT2D eigenvalue weighted by Gasteiger charge is -2.26. The average molecular weight is 1060 g/mol. The lowest BCUT2D eigenvalue weighted by Crippen LogP contribution is -2.31. The van der Waals surface area contributed by atoms with Crippen LogP contribution in [0.1, 0.15) is 121 Å². The maximum atomic E-state index is 15.6. The van der Waals surface area contributed by atoms with Gasteiger partial charge in [-0.1, -0.05) is 146 Å². The van der Waals surface area contributed by atoms with E-state index in [-0.39, 0.29) is 23.6 Å². The van der Waals surface area contributed by atoms with Crippen molar-refractivity contribution in [3.63, 3.8) is 0 Å². The maximum absolute atomic E-state index is 15.6. The monoisotopic (exact) mass is 1050 g/mol. The molecule has 0 bridgehead atoms. The Morgan fingerprint density at radius 2 is 0.692 bits per heavy atom. The molecule has 8 aromatic rings. The van der Waals surface area contributed by atoms with Crippen LogP contribution in [0.15, 0.2) is 168 Å². The largest absolute Gasteiger partial charge is 0.268 e. The molecule has 8 aromatic carbocycles. The first-order chi connectivity index (χ1) is 37.8. The Balaban J connectivity index is 1.01. The third-order valence-corrected chi connectivity index (χ3v) is 19.0. The molecule has 0 fully saturated rings. The van der Waals surface area contributed by atoms with Crippen molar-refractivity contribution in [1.29, 1.82) is 0 Å². The van der Waals surface area contributed by atoms with Crippen molar-refractivity contribution in [2.75, 3.05) is 9.80 Å². The van der Waals surface area contributed by atoms with E-state index >= 15 is 19.2 Å². The average Bonchev–Trinajstić information content (AvgIpc) is 4.45. The highest BCUT2D eigenvalue weighted by Gasteiger charge is 2.45. The zero-order valence-corrected chi connectivity index (χ0v) is 46.8. The Kier molecular flexibility index (Phi) is 13.1. The van der Waals surface area contributed by atoms with Gasteiger partial charge in [0.2, 0.25) is 0 Å². The second kappa shape index (κ2) is 20.1. The van der Waals surface area contributed by atoms with Crippen LogP contribution in [-0.4, -0.2) is 23.6 Å². The number of carbonyl (C=O) groups is 4. The molecular weight excluding hydrogens is 997 g/mol. The minimum atomic E-state index is -0.355. The Morgan fingerprint density at radius 1 is 0.359 bits per heavy atom. The molecule has 384 valence electrons. The highest BCUT2D eigenvalue weighted by atomic mass is 32.2. The number of thioether (sulfide) groups is 2. The number of anilines is 2. The SMILES string of the molecule is Cc1c(C)c(N2C(=O)c3c(SCc4ccccc4)ccc(-c4ccc(-c5ccc(SCc6ccccc6)c6c5C(=O)N(c5c(C)c(C)c(C7=CC=CC7)c(C)c5C)C6=O)c5ccccc45)c3C2=O)c(C)c(C)c1C1=CC=CC1. The fourth-order valence-electron chi connectivity index (χ4n) is 12.5. The molecule has 0 aromatic heterocycles. The Bertz CT molecular complexity index is 3760. The highest BCUT2D eigenvalue weighted by molar-refractivity contribution is 7.98. The first-order valence-electron chi connectivity index (χ1n) is 26.7. The summed E-state index contributed by atoms with van der Waals surface area (Å²) in [7, 11) is 0. The second-order valence-electron chi connectivity index (χ2n) is 21.0. The summed E-state index contributed by atoms with van der Waals surface area (Å²) in [5.41, 5.74) is 20.6. The van der Waals surface area contributed by atoms with Gasteiger partial charge in [-0.25, -0.2) is 9.80 Å². The second-order valence-corrected chi connectivity index (χ2v) is 23.0. The van der Waals surface area contributed by atoms with Crippen LogP contribution in [0.2, 0.25) is 0 Å². The molecule has 2 aliphatic heterocycles. The van der Waals surface area contributed by atoms with E-state index in [9.17, 15) is 0 Å². The van der Waals surface area contributed by atoms with Gasteiger partial charge in [0.25, 0.3) is 23.6 Å². The van der Waals surface area contributed by atoms with E-state index in [1.54, 1.807) is 23.5 Å². The van der Waals surface area contributed by atoms with Crippen molar-refractivity contribution in [1.82, 2.24) is 0 Å². The van der Waals surface area contributed by atoms with Crippen molar-refractivity contribution >= 4 is 80.4 Å². The fourth-order valence-corrected chi connectivity index (χ4v) is 14.5. The van der Waals surface area contributed by atoms with Crippen LogP contribution in [-0.2, 0) is 11.5 Å². The van der Waals surface area contributed by atoms with E-state index in [0.29, 0.717) is 56.3 Å². The molecule has 0 saturated heterocycles. The number of imide groups is 2. The quantitative estimate of drug-likeness (QED) is 0.0896. The first-order valence-corrected chi connectivity index (χ1v) is 28.6. The summed E-state index contributed by atoms with van der Waals surface area (Å²) in [5, 5.41) is 1.69. The van der Waals surface area contributed by atoms with Crippen molar-refractivity contribution in [3.8, 4) is 22.3 Å². The molecule has 0 radical (unpaired) electrons. The van der Waals surface area contributed by atoms with Crippen molar-refractivity contribution in [2.24, 2.45) is 0 Å². The molecule has 12 rings (SSSR count). The molecule has 78 heavy (non-hydrogen) atoms. The van der Waals surface area contributed by atoms with E-state index < -0.39 is 0 Å². The van der Waals surface area contributed by atoms with Gasteiger partial charge in [0.1, 0.15) is 0 Å². The summed E-state index contributed by atoms with van der Waals surface area (Å²) in [6.45, 7) is 16.5. The van der Waals surface area contributed by atoms with Gasteiger partial charge in [-0.15, -0.1) is 23.5 Å². The number of nitrogens with zero attached hydrogens (tertiary/aromatic N) is 2. The predicted molar refractivity (Wildman–Crippen MR) is 323 cm³/mol. The van der Waals surface area contributed by atoms with Crippen LogP contribution >= 0.6 is 23.5 Å². The van der Waals surface area contributed by atoms with E-state index in [2.05, 4.69) is 88.4 Å². The van der Waals surface area contributed by atoms with E-state index in [1.165, 1.54) is 32.1 Å². The van der Waals surface area contributed by atoms with E-state index in [4.69, 9.17) is 0 Å². The molecule has 0 unspecified atom stereocenters. The number of carbonyl (C=O) groups excluding carboxylic acids is 4. The number of benzene rings is 8. The topological polar surface area (TPSA) is 74.8 Å². The molecule has 0 atom stereocenters. The summed E-state index contributed by atoms with van der Waals surface area (Å²) >= 11 is 3.12. The molecule has 6 nitrogen and oxygen atoms in total. The van der Waals surface area contributed by atoms with Gasteiger partial charge >= 0.3 is 0 Å². The van der Waals surface area contributed by atoms with Crippen molar-refractivity contribution in [3.05, 3.63) is 247 Å². The number of hydrogen-bond donors (Lipinski definition) is 0. The summed E-state index contributed by atoms with van der Waals surface area (Å²) in [4.78, 5) is 66.4.